The van der Waals surface area contributed by atoms with Crippen molar-refractivity contribution in [2.45, 2.75) is 26.8 Å². The Kier molecular flexibility index (Phi) is 7.17. The van der Waals surface area contributed by atoms with Gasteiger partial charge in [-0.3, -0.25) is 9.10 Å². The normalized spacial score (nSPS) is 12.6. The number of ether oxygens (including phenoxy) is 1. The largest absolute Gasteiger partial charge is 0.494 e. The number of anilines is 1. The molecule has 1 atom stereocenters. The van der Waals surface area contributed by atoms with Crippen LogP contribution in [0.25, 0.3) is 0 Å². The van der Waals surface area contributed by atoms with Crippen LogP contribution < -0.4 is 14.5 Å². The Balaban J connectivity index is 2.15. The second-order valence-corrected chi connectivity index (χ2v) is 8.17. The van der Waals surface area contributed by atoms with Gasteiger partial charge >= 0.3 is 0 Å². The first-order chi connectivity index (χ1) is 13.2. The molecule has 2 rings (SSSR count). The molecule has 1 N–H and O–H groups in total. The molecule has 0 aliphatic heterocycles. The molecule has 0 heterocycles. The van der Waals surface area contributed by atoms with E-state index in [0.717, 1.165) is 21.7 Å². The maximum atomic E-state index is 12.5. The first-order valence-corrected chi connectivity index (χ1v) is 10.7. The van der Waals surface area contributed by atoms with Crippen LogP contribution in [0, 0.1) is 6.92 Å². The summed E-state index contributed by atoms with van der Waals surface area (Å²) >= 11 is 0. The average molecular weight is 404 g/mol. The van der Waals surface area contributed by atoms with E-state index >= 15 is 0 Å². The fourth-order valence-corrected chi connectivity index (χ4v) is 3.85. The summed E-state index contributed by atoms with van der Waals surface area (Å²) in [5.74, 6) is 0.0859. The fourth-order valence-electron chi connectivity index (χ4n) is 2.68. The van der Waals surface area contributed by atoms with Crippen LogP contribution in [-0.2, 0) is 14.8 Å². The minimum atomic E-state index is -3.69. The third-order valence-corrected chi connectivity index (χ3v) is 5.16. The number of carbonyl (C=O) groups is 1. The number of hydrogen-bond donors (Lipinski definition) is 1. The molecular formula is C20H25N3O4S. The molecule has 0 fully saturated rings. The highest BCUT2D eigenvalue weighted by Gasteiger charge is 2.29. The molecule has 0 unspecified atom stereocenters. The predicted molar refractivity (Wildman–Crippen MR) is 111 cm³/mol. The third-order valence-electron chi connectivity index (χ3n) is 3.92. The maximum absolute atomic E-state index is 12.5. The molecule has 7 nitrogen and oxygen atoms in total. The van der Waals surface area contributed by atoms with Crippen LogP contribution in [0.4, 0.5) is 5.69 Å². The van der Waals surface area contributed by atoms with Crippen molar-refractivity contribution in [2.75, 3.05) is 17.2 Å². The maximum Gasteiger partial charge on any atom is 0.263 e. The monoisotopic (exact) mass is 403 g/mol. The van der Waals surface area contributed by atoms with Crippen molar-refractivity contribution in [1.82, 2.24) is 5.43 Å². The van der Waals surface area contributed by atoms with Gasteiger partial charge in [0.2, 0.25) is 10.0 Å². The number of carbonyl (C=O) groups excluding carboxylic acids is 1. The number of benzene rings is 2. The van der Waals surface area contributed by atoms with Crippen molar-refractivity contribution in [1.29, 1.82) is 0 Å². The van der Waals surface area contributed by atoms with E-state index in [2.05, 4.69) is 10.5 Å². The van der Waals surface area contributed by atoms with Crippen LogP contribution in [0.15, 0.2) is 53.6 Å². The SMILES string of the molecule is CCOc1ccc(N([C@@H](C)C(=O)N/N=C\c2cccc(C)c2)S(C)(=O)=O)cc1. The van der Waals surface area contributed by atoms with Crippen molar-refractivity contribution in [3.8, 4) is 5.75 Å². The summed E-state index contributed by atoms with van der Waals surface area (Å²) in [6.07, 6.45) is 2.57. The van der Waals surface area contributed by atoms with E-state index in [0.29, 0.717) is 18.0 Å². The molecule has 0 saturated heterocycles. The van der Waals surface area contributed by atoms with Gasteiger partial charge < -0.3 is 4.74 Å². The highest BCUT2D eigenvalue weighted by Crippen LogP contribution is 2.24. The number of nitrogens with one attached hydrogen (secondary N) is 1. The second kappa shape index (κ2) is 9.36. The van der Waals surface area contributed by atoms with E-state index in [1.165, 1.54) is 13.1 Å². The molecule has 1 amide bonds. The summed E-state index contributed by atoms with van der Waals surface area (Å²) in [5.41, 5.74) is 4.68. The Morgan fingerprint density at radius 2 is 1.93 bits per heavy atom. The summed E-state index contributed by atoms with van der Waals surface area (Å²) < 4.78 is 31.0. The van der Waals surface area contributed by atoms with Gasteiger partial charge in [-0.15, -0.1) is 0 Å². The minimum Gasteiger partial charge on any atom is -0.494 e. The van der Waals surface area contributed by atoms with Gasteiger partial charge in [0.05, 0.1) is 24.8 Å². The molecule has 150 valence electrons. The van der Waals surface area contributed by atoms with Crippen LogP contribution >= 0.6 is 0 Å². The van der Waals surface area contributed by atoms with Crippen LogP contribution in [0.2, 0.25) is 0 Å². The van der Waals surface area contributed by atoms with E-state index in [9.17, 15) is 13.2 Å². The molecule has 2 aromatic rings. The Morgan fingerprint density at radius 3 is 2.50 bits per heavy atom. The van der Waals surface area contributed by atoms with E-state index in [1.54, 1.807) is 24.3 Å². The lowest BCUT2D eigenvalue weighted by atomic mass is 10.2. The lowest BCUT2D eigenvalue weighted by molar-refractivity contribution is -0.121. The molecule has 2 aromatic carbocycles. The van der Waals surface area contributed by atoms with Gasteiger partial charge in [-0.05, 0) is 50.6 Å². The van der Waals surface area contributed by atoms with Gasteiger partial charge in [0.1, 0.15) is 11.8 Å². The van der Waals surface area contributed by atoms with Crippen molar-refractivity contribution in [3.05, 3.63) is 59.7 Å². The second-order valence-electron chi connectivity index (χ2n) is 6.31. The zero-order chi connectivity index (χ0) is 20.7. The quantitative estimate of drug-likeness (QED) is 0.542. The Morgan fingerprint density at radius 1 is 1.25 bits per heavy atom. The van der Waals surface area contributed by atoms with Gasteiger partial charge in [-0.25, -0.2) is 13.8 Å². The van der Waals surface area contributed by atoms with Crippen molar-refractivity contribution < 1.29 is 17.9 Å². The Bertz CT molecular complexity index is 940. The van der Waals surface area contributed by atoms with Crippen LogP contribution in [-0.4, -0.2) is 39.4 Å². The van der Waals surface area contributed by atoms with Gasteiger partial charge in [0.15, 0.2) is 0 Å². The molecule has 0 aromatic heterocycles. The van der Waals surface area contributed by atoms with Gasteiger partial charge in [0.25, 0.3) is 5.91 Å². The molecular weight excluding hydrogens is 378 g/mol. The van der Waals surface area contributed by atoms with Crippen LogP contribution in [0.1, 0.15) is 25.0 Å². The van der Waals surface area contributed by atoms with Crippen LogP contribution in [0.3, 0.4) is 0 Å². The molecule has 0 aliphatic carbocycles. The van der Waals surface area contributed by atoms with Crippen LogP contribution in [0.5, 0.6) is 5.75 Å². The smallest absolute Gasteiger partial charge is 0.263 e. The number of hydrogen-bond acceptors (Lipinski definition) is 5. The highest BCUT2D eigenvalue weighted by atomic mass is 32.2. The predicted octanol–water partition coefficient (Wildman–Crippen LogP) is 2.70. The Hall–Kier alpha value is -2.87. The topological polar surface area (TPSA) is 88.1 Å². The van der Waals surface area contributed by atoms with E-state index in [-0.39, 0.29) is 0 Å². The summed E-state index contributed by atoms with van der Waals surface area (Å²) in [6.45, 7) is 5.83. The number of aryl methyl sites for hydroxylation is 1. The zero-order valence-electron chi connectivity index (χ0n) is 16.4. The number of sulfonamides is 1. The summed E-state index contributed by atoms with van der Waals surface area (Å²) in [4.78, 5) is 12.5. The number of hydrazone groups is 1. The molecule has 0 radical (unpaired) electrons. The number of nitrogens with zero attached hydrogens (tertiary/aromatic N) is 2. The van der Waals surface area contributed by atoms with Gasteiger partial charge in [-0.1, -0.05) is 29.8 Å². The lowest BCUT2D eigenvalue weighted by Gasteiger charge is -2.27. The lowest BCUT2D eigenvalue weighted by Crippen LogP contribution is -2.46. The number of amides is 1. The molecule has 0 saturated carbocycles. The summed E-state index contributed by atoms with van der Waals surface area (Å²) in [5, 5.41) is 3.93. The van der Waals surface area contributed by atoms with Crippen molar-refractivity contribution >= 4 is 27.8 Å². The van der Waals surface area contributed by atoms with E-state index < -0.39 is 22.0 Å². The first kappa shape index (κ1) is 21.4. The summed E-state index contributed by atoms with van der Waals surface area (Å²) in [7, 11) is -3.69. The third kappa shape index (κ3) is 5.82. The first-order valence-electron chi connectivity index (χ1n) is 8.84. The molecule has 8 heteroatoms. The minimum absolute atomic E-state index is 0.372. The fraction of sp³-hybridized carbons (Fsp3) is 0.300. The summed E-state index contributed by atoms with van der Waals surface area (Å²) in [6, 6.07) is 13.2. The standard InChI is InChI=1S/C20H25N3O4S/c1-5-27-19-11-9-18(10-12-19)23(28(4,25)26)16(3)20(24)22-21-14-17-8-6-7-15(2)13-17/h6-14,16H,5H2,1-4H3,(H,22,24)/b21-14-/t16-/m0/s1. The zero-order valence-corrected chi connectivity index (χ0v) is 17.2. The Labute approximate surface area is 166 Å². The molecule has 0 spiro atoms. The highest BCUT2D eigenvalue weighted by molar-refractivity contribution is 7.92. The van der Waals surface area contributed by atoms with Gasteiger partial charge in [-0.2, -0.15) is 5.10 Å². The van der Waals surface area contributed by atoms with Gasteiger partial charge in [0, 0.05) is 0 Å². The molecule has 0 aliphatic rings. The molecule has 28 heavy (non-hydrogen) atoms. The van der Waals surface area contributed by atoms with E-state index in [4.69, 9.17) is 4.74 Å². The number of rotatable bonds is 8. The van der Waals surface area contributed by atoms with Crippen molar-refractivity contribution in [2.24, 2.45) is 5.10 Å². The average Bonchev–Trinajstić information content (AvgIpc) is 2.62. The van der Waals surface area contributed by atoms with E-state index in [1.807, 2.05) is 38.1 Å². The van der Waals surface area contributed by atoms with Crippen molar-refractivity contribution in [3.63, 3.8) is 0 Å². The molecule has 0 bridgehead atoms.